The molecule has 0 fully saturated rings. The predicted octanol–water partition coefficient (Wildman–Crippen LogP) is 4.80. The zero-order valence-electron chi connectivity index (χ0n) is 21.1. The number of hydrogen-bond donors (Lipinski definition) is 3. The van der Waals surface area contributed by atoms with Crippen molar-refractivity contribution < 1.29 is 24.2 Å². The van der Waals surface area contributed by atoms with Crippen molar-refractivity contribution in [1.29, 1.82) is 0 Å². The Kier molecular flexibility index (Phi) is 8.20. The average Bonchev–Trinajstić information content (AvgIpc) is 3.11. The maximum absolute atomic E-state index is 12.8. The maximum Gasteiger partial charge on any atom is 0.407 e. The van der Waals surface area contributed by atoms with Gasteiger partial charge in [-0.05, 0) is 40.0 Å². The third-order valence-corrected chi connectivity index (χ3v) is 6.30. The van der Waals surface area contributed by atoms with Crippen LogP contribution in [0.4, 0.5) is 4.79 Å². The van der Waals surface area contributed by atoms with Crippen LogP contribution in [0.5, 0.6) is 0 Å². The van der Waals surface area contributed by atoms with E-state index in [2.05, 4.69) is 22.8 Å². The van der Waals surface area contributed by atoms with E-state index >= 15 is 0 Å². The number of rotatable bonds is 9. The maximum atomic E-state index is 12.8. The number of ether oxygens (including phenoxy) is 1. The molecule has 1 unspecified atom stereocenters. The Labute approximate surface area is 207 Å². The summed E-state index contributed by atoms with van der Waals surface area (Å²) >= 11 is 0. The van der Waals surface area contributed by atoms with Gasteiger partial charge in [0, 0.05) is 12.5 Å². The van der Waals surface area contributed by atoms with Gasteiger partial charge in [0.15, 0.2) is 0 Å². The molecule has 0 radical (unpaired) electrons. The van der Waals surface area contributed by atoms with E-state index in [4.69, 9.17) is 4.74 Å². The van der Waals surface area contributed by atoms with E-state index in [0.717, 1.165) is 22.3 Å². The lowest BCUT2D eigenvalue weighted by Gasteiger charge is -2.25. The van der Waals surface area contributed by atoms with Crippen molar-refractivity contribution in [3.8, 4) is 11.1 Å². The Balaban J connectivity index is 1.60. The molecule has 2 aromatic rings. The van der Waals surface area contributed by atoms with Crippen LogP contribution in [0.25, 0.3) is 11.1 Å². The molecule has 0 aliphatic heterocycles. The van der Waals surface area contributed by atoms with Gasteiger partial charge in [-0.1, -0.05) is 83.1 Å². The Morgan fingerprint density at radius 3 is 2.00 bits per heavy atom. The van der Waals surface area contributed by atoms with E-state index in [1.807, 2.05) is 71.0 Å². The van der Waals surface area contributed by atoms with E-state index in [1.165, 1.54) is 0 Å². The number of alkyl carbamates (subject to hydrolysis) is 1. The van der Waals surface area contributed by atoms with Crippen molar-refractivity contribution >= 4 is 18.0 Å². The highest BCUT2D eigenvalue weighted by atomic mass is 16.5. The Bertz CT molecular complexity index is 1030. The van der Waals surface area contributed by atoms with Crippen LogP contribution < -0.4 is 10.6 Å². The van der Waals surface area contributed by atoms with Crippen LogP contribution in [-0.4, -0.2) is 42.3 Å². The summed E-state index contributed by atoms with van der Waals surface area (Å²) in [6.07, 6.45) is -0.250. The minimum absolute atomic E-state index is 0.00102. The Hall–Kier alpha value is -3.35. The van der Waals surface area contributed by atoms with Gasteiger partial charge in [-0.2, -0.15) is 0 Å². The normalized spacial score (nSPS) is 14.6. The van der Waals surface area contributed by atoms with Crippen LogP contribution in [0.3, 0.4) is 0 Å². The molecule has 0 spiro atoms. The second-order valence-electron chi connectivity index (χ2n) is 10.7. The summed E-state index contributed by atoms with van der Waals surface area (Å²) in [5.41, 5.74) is 4.31. The standard InChI is InChI=1S/C28H36N2O5/c1-17(2)24(25(31)29-15-18(26(32)33)14-28(3,4)5)30-27(34)35-16-23-21-12-8-6-10-19(21)20-11-7-9-13-22(20)23/h6-13,17-18,23-24H,14-16H2,1-5H3,(H,29,31)(H,30,34)(H,32,33)/t18?,24-/m1/s1. The number of carboxylic acids is 1. The van der Waals surface area contributed by atoms with E-state index in [1.54, 1.807) is 0 Å². The minimum atomic E-state index is -0.953. The SMILES string of the molecule is CC(C)[C@@H](NC(=O)OCC1c2ccccc2-c2ccccc21)C(=O)NCC(CC(C)(C)C)C(=O)O. The van der Waals surface area contributed by atoms with E-state index in [9.17, 15) is 19.5 Å². The number of hydrogen-bond acceptors (Lipinski definition) is 4. The number of fused-ring (bicyclic) bond motifs is 3. The van der Waals surface area contributed by atoms with Crippen molar-refractivity contribution in [2.45, 2.75) is 53.0 Å². The number of amides is 2. The van der Waals surface area contributed by atoms with Crippen LogP contribution >= 0.6 is 0 Å². The molecular weight excluding hydrogens is 444 g/mol. The number of carbonyl (C=O) groups excluding carboxylic acids is 2. The third-order valence-electron chi connectivity index (χ3n) is 6.30. The summed E-state index contributed by atoms with van der Waals surface area (Å²) in [7, 11) is 0. The van der Waals surface area contributed by atoms with Gasteiger partial charge in [-0.3, -0.25) is 9.59 Å². The average molecular weight is 481 g/mol. The van der Waals surface area contributed by atoms with E-state index < -0.39 is 29.9 Å². The summed E-state index contributed by atoms with van der Waals surface area (Å²) in [6, 6.07) is 15.3. The predicted molar refractivity (Wildman–Crippen MR) is 135 cm³/mol. The van der Waals surface area contributed by atoms with Crippen molar-refractivity contribution in [2.75, 3.05) is 13.2 Å². The van der Waals surface area contributed by atoms with Gasteiger partial charge in [0.05, 0.1) is 5.92 Å². The van der Waals surface area contributed by atoms with Gasteiger partial charge in [0.2, 0.25) is 5.91 Å². The van der Waals surface area contributed by atoms with Crippen molar-refractivity contribution in [2.24, 2.45) is 17.3 Å². The summed E-state index contributed by atoms with van der Waals surface area (Å²) in [5, 5.41) is 14.9. The molecule has 2 amide bonds. The Morgan fingerprint density at radius 2 is 1.51 bits per heavy atom. The Morgan fingerprint density at radius 1 is 0.971 bits per heavy atom. The summed E-state index contributed by atoms with van der Waals surface area (Å²) in [6.45, 7) is 9.66. The quantitative estimate of drug-likeness (QED) is 0.478. The zero-order valence-corrected chi connectivity index (χ0v) is 21.1. The molecule has 2 atom stereocenters. The third kappa shape index (κ3) is 6.62. The molecule has 3 rings (SSSR count). The highest BCUT2D eigenvalue weighted by molar-refractivity contribution is 5.86. The monoisotopic (exact) mass is 480 g/mol. The molecule has 0 saturated heterocycles. The van der Waals surface area contributed by atoms with E-state index in [-0.39, 0.29) is 30.4 Å². The molecule has 35 heavy (non-hydrogen) atoms. The first-order chi connectivity index (χ1) is 16.5. The first-order valence-electron chi connectivity index (χ1n) is 12.1. The van der Waals surface area contributed by atoms with Crippen molar-refractivity contribution in [3.05, 3.63) is 59.7 Å². The van der Waals surface area contributed by atoms with Crippen molar-refractivity contribution in [3.63, 3.8) is 0 Å². The summed E-state index contributed by atoms with van der Waals surface area (Å²) in [4.78, 5) is 37.1. The second kappa shape index (κ2) is 10.9. The van der Waals surface area contributed by atoms with Gasteiger partial charge < -0.3 is 20.5 Å². The number of nitrogens with one attached hydrogen (secondary N) is 2. The molecule has 1 aliphatic carbocycles. The molecule has 188 valence electrons. The number of benzene rings is 2. The molecular formula is C28H36N2O5. The lowest BCUT2D eigenvalue weighted by molar-refractivity contribution is -0.142. The van der Waals surface area contributed by atoms with Crippen LogP contribution in [0.15, 0.2) is 48.5 Å². The van der Waals surface area contributed by atoms with Crippen LogP contribution in [0.1, 0.15) is 58.1 Å². The fourth-order valence-electron chi connectivity index (χ4n) is 4.62. The second-order valence-corrected chi connectivity index (χ2v) is 10.7. The summed E-state index contributed by atoms with van der Waals surface area (Å²) < 4.78 is 5.58. The van der Waals surface area contributed by atoms with Crippen molar-refractivity contribution in [1.82, 2.24) is 10.6 Å². The topological polar surface area (TPSA) is 105 Å². The first-order valence-corrected chi connectivity index (χ1v) is 12.1. The molecule has 7 nitrogen and oxygen atoms in total. The molecule has 0 heterocycles. The molecule has 0 aromatic heterocycles. The van der Waals surface area contributed by atoms with Gasteiger partial charge >= 0.3 is 12.1 Å². The minimum Gasteiger partial charge on any atom is -0.481 e. The first kappa shape index (κ1) is 26.3. The molecule has 2 aromatic carbocycles. The fraction of sp³-hybridized carbons (Fsp3) is 0.464. The molecule has 0 saturated carbocycles. The largest absolute Gasteiger partial charge is 0.481 e. The highest BCUT2D eigenvalue weighted by Gasteiger charge is 2.31. The fourth-order valence-corrected chi connectivity index (χ4v) is 4.62. The number of carboxylic acid groups (broad SMARTS) is 1. The van der Waals surface area contributed by atoms with Crippen LogP contribution in [0, 0.1) is 17.3 Å². The smallest absolute Gasteiger partial charge is 0.407 e. The van der Waals surface area contributed by atoms with Gasteiger partial charge in [-0.15, -0.1) is 0 Å². The number of carbonyl (C=O) groups is 3. The number of aliphatic carboxylic acids is 1. The lowest BCUT2D eigenvalue weighted by Crippen LogP contribution is -2.51. The van der Waals surface area contributed by atoms with E-state index in [0.29, 0.717) is 6.42 Å². The van der Waals surface area contributed by atoms with Gasteiger partial charge in [0.1, 0.15) is 12.6 Å². The molecule has 7 heteroatoms. The van der Waals surface area contributed by atoms with Gasteiger partial charge in [-0.25, -0.2) is 4.79 Å². The highest BCUT2D eigenvalue weighted by Crippen LogP contribution is 2.44. The lowest BCUT2D eigenvalue weighted by atomic mass is 9.84. The molecule has 0 bridgehead atoms. The van der Waals surface area contributed by atoms with Crippen LogP contribution in [-0.2, 0) is 14.3 Å². The molecule has 3 N–H and O–H groups in total. The summed E-state index contributed by atoms with van der Waals surface area (Å²) in [5.74, 6) is -2.37. The molecule has 1 aliphatic rings. The van der Waals surface area contributed by atoms with Gasteiger partial charge in [0.25, 0.3) is 0 Å². The van der Waals surface area contributed by atoms with Crippen LogP contribution in [0.2, 0.25) is 0 Å². The zero-order chi connectivity index (χ0) is 25.8.